The van der Waals surface area contributed by atoms with Crippen LogP contribution < -0.4 is 4.90 Å². The van der Waals surface area contributed by atoms with Crippen molar-refractivity contribution in [1.82, 2.24) is 19.6 Å². The number of halogens is 1. The minimum atomic E-state index is 0.114. The number of aliphatic hydroxyl groups is 1. The van der Waals surface area contributed by atoms with Gasteiger partial charge in [0.15, 0.2) is 0 Å². The number of fused-ring (bicyclic) bond motifs is 1. The second-order valence-corrected chi connectivity index (χ2v) is 6.08. The van der Waals surface area contributed by atoms with Crippen LogP contribution in [0, 0.1) is 0 Å². The molecule has 3 rings (SSSR count). The van der Waals surface area contributed by atoms with E-state index in [1.165, 1.54) is 6.33 Å². The molecule has 0 aliphatic carbocycles. The molecular formula is C17H20ClN5O2. The van der Waals surface area contributed by atoms with Crippen molar-refractivity contribution < 1.29 is 9.84 Å². The summed E-state index contributed by atoms with van der Waals surface area (Å²) < 4.78 is 6.90. The van der Waals surface area contributed by atoms with Crippen LogP contribution in [-0.4, -0.2) is 45.0 Å². The zero-order valence-corrected chi connectivity index (χ0v) is 14.7. The van der Waals surface area contributed by atoms with Gasteiger partial charge in [0.2, 0.25) is 0 Å². The van der Waals surface area contributed by atoms with Gasteiger partial charge >= 0.3 is 0 Å². The number of benzene rings is 1. The van der Waals surface area contributed by atoms with Crippen molar-refractivity contribution >= 4 is 23.2 Å². The molecule has 7 nitrogen and oxygen atoms in total. The summed E-state index contributed by atoms with van der Waals surface area (Å²) in [6.45, 7) is 1.80. The molecule has 8 heteroatoms. The van der Waals surface area contributed by atoms with Crippen molar-refractivity contribution in [3.8, 4) is 0 Å². The molecule has 0 aliphatic rings. The molecular weight excluding hydrogens is 342 g/mol. The molecule has 1 N–H and O–H groups in total. The average molecular weight is 362 g/mol. The summed E-state index contributed by atoms with van der Waals surface area (Å²) in [4.78, 5) is 10.8. The van der Waals surface area contributed by atoms with Crippen molar-refractivity contribution in [2.45, 2.75) is 19.6 Å². The molecule has 0 saturated carbocycles. The molecule has 0 radical (unpaired) electrons. The Morgan fingerprint density at radius 2 is 2.20 bits per heavy atom. The fourth-order valence-electron chi connectivity index (χ4n) is 2.68. The summed E-state index contributed by atoms with van der Waals surface area (Å²) in [5.74, 6) is 1.37. The van der Waals surface area contributed by atoms with E-state index in [1.54, 1.807) is 11.6 Å². The highest BCUT2D eigenvalue weighted by atomic mass is 35.5. The van der Waals surface area contributed by atoms with Gasteiger partial charge in [0, 0.05) is 37.9 Å². The van der Waals surface area contributed by atoms with Crippen molar-refractivity contribution in [1.29, 1.82) is 0 Å². The van der Waals surface area contributed by atoms with Gasteiger partial charge in [0.1, 0.15) is 12.1 Å². The summed E-state index contributed by atoms with van der Waals surface area (Å²) in [7, 11) is 1.63. The first-order valence-electron chi connectivity index (χ1n) is 8.00. The molecule has 0 bridgehead atoms. The van der Waals surface area contributed by atoms with Crippen LogP contribution in [0.3, 0.4) is 0 Å². The number of rotatable bonds is 8. The van der Waals surface area contributed by atoms with Crippen molar-refractivity contribution in [3.63, 3.8) is 0 Å². The largest absolute Gasteiger partial charge is 0.396 e. The summed E-state index contributed by atoms with van der Waals surface area (Å²) in [5.41, 5.74) is 1.85. The van der Waals surface area contributed by atoms with Crippen LogP contribution >= 0.6 is 11.6 Å². The Kier molecular flexibility index (Phi) is 5.80. The molecule has 132 valence electrons. The Balaban J connectivity index is 1.99. The fourth-order valence-corrected chi connectivity index (χ4v) is 2.90. The lowest BCUT2D eigenvalue weighted by atomic mass is 10.2. The number of anilines is 1. The Labute approximate surface area is 150 Å². The summed E-state index contributed by atoms with van der Waals surface area (Å²) >= 11 is 6.11. The van der Waals surface area contributed by atoms with Crippen molar-refractivity contribution in [2.75, 3.05) is 25.2 Å². The number of ether oxygens (including phenoxy) is 1. The molecule has 0 unspecified atom stereocenters. The highest BCUT2D eigenvalue weighted by Gasteiger charge is 2.15. The maximum atomic E-state index is 9.27. The molecule has 2 aromatic heterocycles. The van der Waals surface area contributed by atoms with Gasteiger partial charge in [0.05, 0.1) is 12.3 Å². The van der Waals surface area contributed by atoms with Crippen LogP contribution in [0.4, 0.5) is 5.82 Å². The maximum absolute atomic E-state index is 9.27. The van der Waals surface area contributed by atoms with Crippen LogP contribution in [0.1, 0.15) is 17.7 Å². The van der Waals surface area contributed by atoms with E-state index in [4.69, 9.17) is 16.3 Å². The standard InChI is InChI=1S/C17H20ClN5O2/c1-25-11-15-9-16(23-17(21-15)19-12-20-23)22(6-3-7-24)10-13-4-2-5-14(18)8-13/h2,4-5,8-9,12,24H,3,6-7,10-11H2,1H3. The minimum absolute atomic E-state index is 0.114. The summed E-state index contributed by atoms with van der Waals surface area (Å²) in [5, 5.41) is 14.2. The summed E-state index contributed by atoms with van der Waals surface area (Å²) in [6.07, 6.45) is 2.12. The van der Waals surface area contributed by atoms with Gasteiger partial charge in [-0.15, -0.1) is 0 Å². The predicted octanol–water partition coefficient (Wildman–Crippen LogP) is 2.31. The van der Waals surface area contributed by atoms with Gasteiger partial charge in [-0.25, -0.2) is 4.98 Å². The van der Waals surface area contributed by atoms with Gasteiger partial charge in [0.25, 0.3) is 5.78 Å². The van der Waals surface area contributed by atoms with Gasteiger partial charge < -0.3 is 14.7 Å². The Morgan fingerprint density at radius 1 is 1.32 bits per heavy atom. The smallest absolute Gasteiger partial charge is 0.254 e. The molecule has 1 aromatic carbocycles. The van der Waals surface area contributed by atoms with E-state index in [0.717, 1.165) is 17.1 Å². The number of nitrogens with zero attached hydrogens (tertiary/aromatic N) is 5. The first-order chi connectivity index (χ1) is 12.2. The molecule has 0 saturated heterocycles. The third-order valence-corrected chi connectivity index (χ3v) is 3.99. The second-order valence-electron chi connectivity index (χ2n) is 5.64. The molecule has 0 amide bonds. The topological polar surface area (TPSA) is 75.8 Å². The molecule has 0 aliphatic heterocycles. The molecule has 2 heterocycles. The van der Waals surface area contributed by atoms with Crippen LogP contribution in [0.2, 0.25) is 5.02 Å². The molecule has 0 spiro atoms. The van der Waals surface area contributed by atoms with E-state index < -0.39 is 0 Å². The van der Waals surface area contributed by atoms with Gasteiger partial charge in [-0.05, 0) is 24.1 Å². The lowest BCUT2D eigenvalue weighted by molar-refractivity contribution is 0.181. The fraction of sp³-hybridized carbons (Fsp3) is 0.353. The summed E-state index contributed by atoms with van der Waals surface area (Å²) in [6, 6.07) is 9.67. The van der Waals surface area contributed by atoms with Gasteiger partial charge in [-0.1, -0.05) is 23.7 Å². The zero-order valence-electron chi connectivity index (χ0n) is 14.0. The van der Waals surface area contributed by atoms with Gasteiger partial charge in [-0.3, -0.25) is 0 Å². The number of hydrogen-bond donors (Lipinski definition) is 1. The van der Waals surface area contributed by atoms with Crippen LogP contribution in [-0.2, 0) is 17.9 Å². The normalized spacial score (nSPS) is 11.2. The highest BCUT2D eigenvalue weighted by molar-refractivity contribution is 6.30. The Morgan fingerprint density at radius 3 is 2.96 bits per heavy atom. The minimum Gasteiger partial charge on any atom is -0.396 e. The zero-order chi connectivity index (χ0) is 17.6. The predicted molar refractivity (Wildman–Crippen MR) is 95.7 cm³/mol. The molecule has 0 fully saturated rings. The molecule has 0 atom stereocenters. The van der Waals surface area contributed by atoms with E-state index in [2.05, 4.69) is 20.0 Å². The van der Waals surface area contributed by atoms with Crippen LogP contribution in [0.5, 0.6) is 0 Å². The monoisotopic (exact) mass is 361 g/mol. The average Bonchev–Trinajstić information content (AvgIpc) is 3.07. The maximum Gasteiger partial charge on any atom is 0.254 e. The lowest BCUT2D eigenvalue weighted by Gasteiger charge is -2.25. The van der Waals surface area contributed by atoms with E-state index in [1.807, 2.05) is 30.3 Å². The highest BCUT2D eigenvalue weighted by Crippen LogP contribution is 2.21. The van der Waals surface area contributed by atoms with Gasteiger partial charge in [-0.2, -0.15) is 14.6 Å². The van der Waals surface area contributed by atoms with E-state index in [9.17, 15) is 5.11 Å². The quantitative estimate of drug-likeness (QED) is 0.663. The van der Waals surface area contributed by atoms with E-state index >= 15 is 0 Å². The third-order valence-electron chi connectivity index (χ3n) is 3.75. The number of methoxy groups -OCH3 is 1. The first-order valence-corrected chi connectivity index (χ1v) is 8.38. The second kappa shape index (κ2) is 8.24. The van der Waals surface area contributed by atoms with Crippen molar-refractivity contribution in [2.24, 2.45) is 0 Å². The number of aliphatic hydroxyl groups excluding tert-OH is 1. The van der Waals surface area contributed by atoms with Crippen LogP contribution in [0.25, 0.3) is 5.78 Å². The number of aromatic nitrogens is 4. The van der Waals surface area contributed by atoms with Crippen LogP contribution in [0.15, 0.2) is 36.7 Å². The Bertz CT molecular complexity index is 839. The van der Waals surface area contributed by atoms with Crippen molar-refractivity contribution in [3.05, 3.63) is 52.9 Å². The molecule has 25 heavy (non-hydrogen) atoms. The third kappa shape index (κ3) is 4.25. The SMILES string of the molecule is COCc1cc(N(CCCO)Cc2cccc(Cl)c2)n2ncnc2n1. The lowest BCUT2D eigenvalue weighted by Crippen LogP contribution is -2.27. The van der Waals surface area contributed by atoms with E-state index in [0.29, 0.717) is 36.9 Å². The Hall–Kier alpha value is -2.22. The first kappa shape index (κ1) is 17.6. The molecule has 3 aromatic rings. The van der Waals surface area contributed by atoms with E-state index in [-0.39, 0.29) is 6.61 Å². The number of hydrogen-bond acceptors (Lipinski definition) is 6.